The average molecular weight is 322 g/mol. The minimum Gasteiger partial charge on any atom is -0.455 e. The van der Waals surface area contributed by atoms with E-state index in [1.165, 1.54) is 16.0 Å². The Balaban J connectivity index is 1.76. The monoisotopic (exact) mass is 321 g/mol. The van der Waals surface area contributed by atoms with Gasteiger partial charge in [0.1, 0.15) is 22.3 Å². The number of fused-ring (bicyclic) bond motifs is 1. The van der Waals surface area contributed by atoms with Crippen LogP contribution in [0.5, 0.6) is 0 Å². The van der Waals surface area contributed by atoms with E-state index in [9.17, 15) is 4.79 Å². The summed E-state index contributed by atoms with van der Waals surface area (Å²) in [6, 6.07) is 7.80. The van der Waals surface area contributed by atoms with Crippen molar-refractivity contribution < 1.29 is 9.53 Å². The molecule has 2 aromatic heterocycles. The molecule has 0 N–H and O–H groups in total. The van der Waals surface area contributed by atoms with Gasteiger partial charge >= 0.3 is 5.97 Å². The lowest BCUT2D eigenvalue weighted by Crippen LogP contribution is -2.06. The van der Waals surface area contributed by atoms with Crippen LogP contribution in [0.25, 0.3) is 10.2 Å². The number of esters is 1. The summed E-state index contributed by atoms with van der Waals surface area (Å²) in [4.78, 5) is 16.5. The number of rotatable bonds is 3. The van der Waals surface area contributed by atoms with Crippen LogP contribution < -0.4 is 0 Å². The van der Waals surface area contributed by atoms with Crippen LogP contribution in [0.2, 0.25) is 5.15 Å². The number of hydrogen-bond donors (Lipinski definition) is 0. The molecule has 0 aliphatic rings. The van der Waals surface area contributed by atoms with Crippen LogP contribution in [0.15, 0.2) is 24.3 Å². The Morgan fingerprint density at radius 2 is 2.19 bits per heavy atom. The molecule has 0 fully saturated rings. The molecule has 21 heavy (non-hydrogen) atoms. The maximum absolute atomic E-state index is 12.1. The molecule has 0 saturated heterocycles. The van der Waals surface area contributed by atoms with Gasteiger partial charge in [-0.3, -0.25) is 4.68 Å². The van der Waals surface area contributed by atoms with Gasteiger partial charge in [-0.1, -0.05) is 23.7 Å². The van der Waals surface area contributed by atoms with E-state index in [0.29, 0.717) is 11.3 Å². The standard InChI is InChI=1S/C14H12ClN3O2S/c1-8-12(13(15)18(2)17-8)14(19)20-7-11-16-9-5-3-4-6-10(9)21-11/h3-6H,7H2,1-2H3. The highest BCUT2D eigenvalue weighted by atomic mass is 35.5. The Bertz CT molecular complexity index is 792. The van der Waals surface area contributed by atoms with Gasteiger partial charge in [0, 0.05) is 7.05 Å². The van der Waals surface area contributed by atoms with E-state index in [-0.39, 0.29) is 11.8 Å². The molecule has 2 heterocycles. The number of para-hydroxylation sites is 1. The van der Waals surface area contributed by atoms with Crippen LogP contribution in [-0.4, -0.2) is 20.7 Å². The molecule has 0 amide bonds. The van der Waals surface area contributed by atoms with E-state index < -0.39 is 5.97 Å². The normalized spacial score (nSPS) is 11.0. The number of carbonyl (C=O) groups excluding carboxylic acids is 1. The lowest BCUT2D eigenvalue weighted by molar-refractivity contribution is 0.0472. The molecule has 0 aliphatic heterocycles. The number of halogens is 1. The summed E-state index contributed by atoms with van der Waals surface area (Å²) < 4.78 is 7.81. The molecule has 3 aromatic rings. The van der Waals surface area contributed by atoms with Crippen LogP contribution in [0.1, 0.15) is 21.1 Å². The maximum atomic E-state index is 12.1. The molecule has 5 nitrogen and oxygen atoms in total. The Labute approximate surface area is 130 Å². The van der Waals surface area contributed by atoms with Gasteiger partial charge < -0.3 is 4.74 Å². The van der Waals surface area contributed by atoms with Crippen molar-refractivity contribution in [1.29, 1.82) is 0 Å². The van der Waals surface area contributed by atoms with Crippen molar-refractivity contribution in [3.63, 3.8) is 0 Å². The number of aromatic nitrogens is 3. The van der Waals surface area contributed by atoms with E-state index >= 15 is 0 Å². The predicted molar refractivity (Wildman–Crippen MR) is 81.7 cm³/mol. The fraction of sp³-hybridized carbons (Fsp3) is 0.214. The van der Waals surface area contributed by atoms with E-state index in [1.807, 2.05) is 24.3 Å². The van der Waals surface area contributed by atoms with Gasteiger partial charge in [0.05, 0.1) is 15.9 Å². The van der Waals surface area contributed by atoms with Crippen LogP contribution in [0, 0.1) is 6.92 Å². The van der Waals surface area contributed by atoms with Gasteiger partial charge in [-0.15, -0.1) is 11.3 Å². The van der Waals surface area contributed by atoms with Gasteiger partial charge in [-0.05, 0) is 19.1 Å². The highest BCUT2D eigenvalue weighted by Crippen LogP contribution is 2.24. The summed E-state index contributed by atoms with van der Waals surface area (Å²) in [6.45, 7) is 1.85. The van der Waals surface area contributed by atoms with Crippen molar-refractivity contribution in [3.8, 4) is 0 Å². The van der Waals surface area contributed by atoms with Crippen molar-refractivity contribution in [2.24, 2.45) is 7.05 Å². The molecular formula is C14H12ClN3O2S. The molecule has 0 radical (unpaired) electrons. The van der Waals surface area contributed by atoms with E-state index in [0.717, 1.165) is 15.2 Å². The van der Waals surface area contributed by atoms with E-state index in [1.54, 1.807) is 14.0 Å². The van der Waals surface area contributed by atoms with Gasteiger partial charge in [0.15, 0.2) is 0 Å². The van der Waals surface area contributed by atoms with Gasteiger partial charge in [-0.2, -0.15) is 5.10 Å². The van der Waals surface area contributed by atoms with Crippen molar-refractivity contribution >= 4 is 39.1 Å². The largest absolute Gasteiger partial charge is 0.455 e. The van der Waals surface area contributed by atoms with E-state index in [2.05, 4.69) is 10.1 Å². The number of thiazole rings is 1. The molecule has 7 heteroatoms. The number of benzene rings is 1. The highest BCUT2D eigenvalue weighted by molar-refractivity contribution is 7.18. The Kier molecular flexibility index (Phi) is 3.65. The molecule has 0 spiro atoms. The van der Waals surface area contributed by atoms with E-state index in [4.69, 9.17) is 16.3 Å². The van der Waals surface area contributed by atoms with Crippen molar-refractivity contribution in [2.75, 3.05) is 0 Å². The third-order valence-corrected chi connectivity index (χ3v) is 4.46. The molecule has 1 aromatic carbocycles. The van der Waals surface area contributed by atoms with Gasteiger partial charge in [0.2, 0.25) is 0 Å². The second kappa shape index (κ2) is 5.46. The lowest BCUT2D eigenvalue weighted by Gasteiger charge is -2.02. The topological polar surface area (TPSA) is 57.0 Å². The predicted octanol–water partition coefficient (Wildman–Crippen LogP) is 3.35. The first-order valence-corrected chi connectivity index (χ1v) is 7.46. The van der Waals surface area contributed by atoms with Gasteiger partial charge in [-0.25, -0.2) is 9.78 Å². The fourth-order valence-electron chi connectivity index (χ4n) is 2.04. The molecular weight excluding hydrogens is 310 g/mol. The third-order valence-electron chi connectivity index (χ3n) is 3.02. The lowest BCUT2D eigenvalue weighted by atomic mass is 10.3. The Morgan fingerprint density at radius 1 is 1.43 bits per heavy atom. The van der Waals surface area contributed by atoms with Crippen LogP contribution >= 0.6 is 22.9 Å². The smallest absolute Gasteiger partial charge is 0.343 e. The third kappa shape index (κ3) is 2.64. The first-order valence-electron chi connectivity index (χ1n) is 6.27. The first-order chi connectivity index (χ1) is 10.1. The Morgan fingerprint density at radius 3 is 2.86 bits per heavy atom. The minimum absolute atomic E-state index is 0.128. The van der Waals surface area contributed by atoms with Crippen molar-refractivity contribution in [3.05, 3.63) is 45.7 Å². The summed E-state index contributed by atoms with van der Waals surface area (Å²) >= 11 is 7.55. The number of carbonyl (C=O) groups is 1. The zero-order chi connectivity index (χ0) is 15.0. The quantitative estimate of drug-likeness (QED) is 0.694. The second-order valence-electron chi connectivity index (χ2n) is 4.53. The minimum atomic E-state index is -0.482. The number of nitrogens with zero attached hydrogens (tertiary/aromatic N) is 3. The zero-order valence-corrected chi connectivity index (χ0v) is 13.0. The Hall–Kier alpha value is -1.92. The SMILES string of the molecule is Cc1nn(C)c(Cl)c1C(=O)OCc1nc2ccccc2s1. The highest BCUT2D eigenvalue weighted by Gasteiger charge is 2.20. The summed E-state index contributed by atoms with van der Waals surface area (Å²) in [6.07, 6.45) is 0. The molecule has 108 valence electrons. The molecule has 0 saturated carbocycles. The molecule has 0 aliphatic carbocycles. The van der Waals surface area contributed by atoms with Crippen LogP contribution in [0.4, 0.5) is 0 Å². The maximum Gasteiger partial charge on any atom is 0.343 e. The van der Waals surface area contributed by atoms with Gasteiger partial charge in [0.25, 0.3) is 0 Å². The summed E-state index contributed by atoms with van der Waals surface area (Å²) in [5.41, 5.74) is 1.77. The number of hydrogen-bond acceptors (Lipinski definition) is 5. The summed E-state index contributed by atoms with van der Waals surface area (Å²) in [5, 5.41) is 5.12. The zero-order valence-electron chi connectivity index (χ0n) is 11.5. The second-order valence-corrected chi connectivity index (χ2v) is 6.00. The molecule has 0 atom stereocenters. The molecule has 0 bridgehead atoms. The molecule has 3 rings (SSSR count). The average Bonchev–Trinajstić information content (AvgIpc) is 2.97. The van der Waals surface area contributed by atoms with Crippen LogP contribution in [-0.2, 0) is 18.4 Å². The fourth-order valence-corrected chi connectivity index (χ4v) is 3.18. The summed E-state index contributed by atoms with van der Waals surface area (Å²) in [7, 11) is 1.68. The number of aryl methyl sites for hydroxylation is 2. The van der Waals surface area contributed by atoms with Crippen molar-refractivity contribution in [2.45, 2.75) is 13.5 Å². The molecule has 0 unspecified atom stereocenters. The first kappa shape index (κ1) is 14.0. The van der Waals surface area contributed by atoms with Crippen molar-refractivity contribution in [1.82, 2.24) is 14.8 Å². The van der Waals surface area contributed by atoms with Crippen LogP contribution in [0.3, 0.4) is 0 Å². The summed E-state index contributed by atoms with van der Waals surface area (Å²) in [5.74, 6) is -0.482. The number of ether oxygens (including phenoxy) is 1.